The minimum absolute atomic E-state index is 0.0809. The van der Waals surface area contributed by atoms with E-state index in [1.807, 2.05) is 36.4 Å². The Morgan fingerprint density at radius 3 is 2.29 bits per heavy atom. The molecule has 210 valence electrons. The average molecular weight is 592 g/mol. The van der Waals surface area contributed by atoms with Gasteiger partial charge in [0.05, 0.1) is 18.1 Å². The first-order valence-corrected chi connectivity index (χ1v) is 14.0. The summed E-state index contributed by atoms with van der Waals surface area (Å²) in [5.41, 5.74) is 4.27. The second kappa shape index (κ2) is 12.3. The van der Waals surface area contributed by atoms with Gasteiger partial charge in [0.1, 0.15) is 23.7 Å². The predicted molar refractivity (Wildman–Crippen MR) is 158 cm³/mol. The van der Waals surface area contributed by atoms with E-state index >= 15 is 0 Å². The first-order chi connectivity index (χ1) is 19.7. The SMILES string of the molecule is CCOC(=O)C1(NC(=O)Cc2ccc(OCc3ccc(F)cc3Cl)cc2)Cc2ccc(-c3ccc(Cl)cc3)cc2C1. The van der Waals surface area contributed by atoms with Crippen molar-refractivity contribution < 1.29 is 23.5 Å². The van der Waals surface area contributed by atoms with E-state index in [0.717, 1.165) is 27.8 Å². The van der Waals surface area contributed by atoms with Gasteiger partial charge in [0.15, 0.2) is 0 Å². The smallest absolute Gasteiger partial charge is 0.332 e. The number of ether oxygens (including phenoxy) is 2. The van der Waals surface area contributed by atoms with Gasteiger partial charge in [-0.1, -0.05) is 71.7 Å². The maximum atomic E-state index is 13.3. The molecule has 0 radical (unpaired) electrons. The topological polar surface area (TPSA) is 64.6 Å². The normalized spacial score (nSPS) is 15.7. The van der Waals surface area contributed by atoms with Crippen molar-refractivity contribution in [1.82, 2.24) is 5.32 Å². The highest BCUT2D eigenvalue weighted by Crippen LogP contribution is 2.35. The van der Waals surface area contributed by atoms with Gasteiger partial charge >= 0.3 is 5.97 Å². The maximum Gasteiger partial charge on any atom is 0.332 e. The molecule has 41 heavy (non-hydrogen) atoms. The second-order valence-corrected chi connectivity index (χ2v) is 10.9. The zero-order valence-electron chi connectivity index (χ0n) is 22.4. The van der Waals surface area contributed by atoms with E-state index in [2.05, 4.69) is 11.4 Å². The third-order valence-electron chi connectivity index (χ3n) is 7.11. The third-order valence-corrected chi connectivity index (χ3v) is 7.71. The lowest BCUT2D eigenvalue weighted by Crippen LogP contribution is -2.56. The van der Waals surface area contributed by atoms with Crippen LogP contribution in [0.2, 0.25) is 10.0 Å². The molecule has 0 bridgehead atoms. The molecule has 0 spiro atoms. The van der Waals surface area contributed by atoms with Crippen LogP contribution in [0.3, 0.4) is 0 Å². The molecule has 1 aliphatic carbocycles. The van der Waals surface area contributed by atoms with Crippen LogP contribution in [0.25, 0.3) is 11.1 Å². The summed E-state index contributed by atoms with van der Waals surface area (Å²) in [5.74, 6) is -0.549. The number of benzene rings is 4. The minimum Gasteiger partial charge on any atom is -0.489 e. The summed E-state index contributed by atoms with van der Waals surface area (Å²) in [5, 5.41) is 3.96. The van der Waals surface area contributed by atoms with Crippen LogP contribution in [0.1, 0.15) is 29.2 Å². The van der Waals surface area contributed by atoms with Gasteiger partial charge in [-0.25, -0.2) is 9.18 Å². The molecule has 1 amide bonds. The fraction of sp³-hybridized carbons (Fsp3) is 0.212. The number of halogens is 3. The Balaban J connectivity index is 1.26. The Morgan fingerprint density at radius 2 is 1.59 bits per heavy atom. The Labute approximate surface area is 248 Å². The van der Waals surface area contributed by atoms with E-state index < -0.39 is 17.3 Å². The molecule has 5 rings (SSSR count). The zero-order valence-corrected chi connectivity index (χ0v) is 23.9. The fourth-order valence-electron chi connectivity index (χ4n) is 5.05. The fourth-order valence-corrected chi connectivity index (χ4v) is 5.40. The van der Waals surface area contributed by atoms with Gasteiger partial charge in [0, 0.05) is 23.4 Å². The van der Waals surface area contributed by atoms with E-state index in [-0.39, 0.29) is 25.5 Å². The van der Waals surface area contributed by atoms with Gasteiger partial charge in [-0.2, -0.15) is 0 Å². The lowest BCUT2D eigenvalue weighted by molar-refractivity contribution is -0.153. The number of nitrogens with one attached hydrogen (secondary N) is 1. The molecule has 5 nitrogen and oxygen atoms in total. The van der Waals surface area contributed by atoms with Crippen molar-refractivity contribution in [1.29, 1.82) is 0 Å². The average Bonchev–Trinajstić information content (AvgIpc) is 3.32. The molecule has 1 N–H and O–H groups in total. The molecule has 4 aromatic carbocycles. The molecular formula is C33H28Cl2FNO4. The van der Waals surface area contributed by atoms with Gasteiger partial charge in [0.2, 0.25) is 5.91 Å². The molecule has 0 fully saturated rings. The van der Waals surface area contributed by atoms with Crippen LogP contribution < -0.4 is 10.1 Å². The first-order valence-electron chi connectivity index (χ1n) is 13.3. The molecule has 0 saturated heterocycles. The minimum atomic E-state index is -1.18. The molecule has 0 aromatic heterocycles. The highest BCUT2D eigenvalue weighted by molar-refractivity contribution is 6.31. The van der Waals surface area contributed by atoms with E-state index in [1.165, 1.54) is 12.1 Å². The molecule has 0 saturated carbocycles. The molecule has 1 aliphatic rings. The summed E-state index contributed by atoms with van der Waals surface area (Å²) < 4.78 is 24.4. The quantitative estimate of drug-likeness (QED) is 0.210. The van der Waals surface area contributed by atoms with Crippen molar-refractivity contribution >= 4 is 35.1 Å². The number of carbonyl (C=O) groups excluding carboxylic acids is 2. The van der Waals surface area contributed by atoms with Crippen LogP contribution >= 0.6 is 23.2 Å². The van der Waals surface area contributed by atoms with Crippen molar-refractivity contribution in [2.75, 3.05) is 6.61 Å². The molecule has 1 atom stereocenters. The summed E-state index contributed by atoms with van der Waals surface area (Å²) in [6.45, 7) is 2.15. The van der Waals surface area contributed by atoms with Crippen molar-refractivity contribution in [3.8, 4) is 16.9 Å². The lowest BCUT2D eigenvalue weighted by Gasteiger charge is -2.28. The van der Waals surface area contributed by atoms with Gasteiger partial charge in [0.25, 0.3) is 0 Å². The van der Waals surface area contributed by atoms with Crippen molar-refractivity contribution in [2.45, 2.75) is 38.3 Å². The summed E-state index contributed by atoms with van der Waals surface area (Å²) in [6.07, 6.45) is 0.775. The number of esters is 1. The van der Waals surface area contributed by atoms with Crippen molar-refractivity contribution in [2.24, 2.45) is 0 Å². The lowest BCUT2D eigenvalue weighted by atomic mass is 9.95. The molecular weight excluding hydrogens is 564 g/mol. The van der Waals surface area contributed by atoms with Crippen LogP contribution in [0, 0.1) is 5.82 Å². The number of rotatable bonds is 9. The summed E-state index contributed by atoms with van der Waals surface area (Å²) >= 11 is 12.1. The van der Waals surface area contributed by atoms with Crippen LogP contribution in [0.15, 0.2) is 84.9 Å². The molecule has 0 heterocycles. The van der Waals surface area contributed by atoms with Gasteiger partial charge < -0.3 is 14.8 Å². The number of hydrogen-bond acceptors (Lipinski definition) is 4. The van der Waals surface area contributed by atoms with Gasteiger partial charge in [-0.15, -0.1) is 0 Å². The van der Waals surface area contributed by atoms with E-state index in [9.17, 15) is 14.0 Å². The zero-order chi connectivity index (χ0) is 29.0. The Kier molecular flexibility index (Phi) is 8.62. The summed E-state index contributed by atoms with van der Waals surface area (Å²) in [4.78, 5) is 26.4. The Hall–Kier alpha value is -3.87. The van der Waals surface area contributed by atoms with Crippen molar-refractivity contribution in [3.63, 3.8) is 0 Å². The Bertz CT molecular complexity index is 1570. The number of fused-ring (bicyclic) bond motifs is 1. The monoisotopic (exact) mass is 591 g/mol. The highest BCUT2D eigenvalue weighted by Gasteiger charge is 2.46. The van der Waals surface area contributed by atoms with E-state index in [4.69, 9.17) is 32.7 Å². The number of hydrogen-bond donors (Lipinski definition) is 1. The predicted octanol–water partition coefficient (Wildman–Crippen LogP) is 7.14. The molecule has 1 unspecified atom stereocenters. The van der Waals surface area contributed by atoms with Gasteiger partial charge in [-0.3, -0.25) is 4.79 Å². The largest absolute Gasteiger partial charge is 0.489 e. The van der Waals surface area contributed by atoms with Gasteiger partial charge in [-0.05, 0) is 71.1 Å². The number of carbonyl (C=O) groups is 2. The van der Waals surface area contributed by atoms with Crippen LogP contribution in [-0.4, -0.2) is 24.0 Å². The third kappa shape index (κ3) is 6.72. The molecule has 8 heteroatoms. The summed E-state index contributed by atoms with van der Waals surface area (Å²) in [6, 6.07) is 24.9. The highest BCUT2D eigenvalue weighted by atomic mass is 35.5. The maximum absolute atomic E-state index is 13.3. The van der Waals surface area contributed by atoms with Crippen molar-refractivity contribution in [3.05, 3.63) is 123 Å². The molecule has 4 aromatic rings. The second-order valence-electron chi connectivity index (χ2n) is 10.0. The standard InChI is InChI=1S/C33H28Cl2FNO4/c1-2-40-32(39)33(18-24-6-5-23(16-26(24)19-33)22-7-10-27(34)11-8-22)37-31(38)15-21-3-13-29(14-4-21)41-20-25-9-12-28(36)17-30(25)35/h3-14,16-17H,2,15,18-20H2,1H3,(H,37,38). The van der Waals surface area contributed by atoms with E-state index in [0.29, 0.717) is 34.2 Å². The summed E-state index contributed by atoms with van der Waals surface area (Å²) in [7, 11) is 0. The van der Waals surface area contributed by atoms with Crippen LogP contribution in [-0.2, 0) is 40.2 Å². The van der Waals surface area contributed by atoms with Crippen LogP contribution in [0.5, 0.6) is 5.75 Å². The van der Waals surface area contributed by atoms with Crippen LogP contribution in [0.4, 0.5) is 4.39 Å². The van der Waals surface area contributed by atoms with E-state index in [1.54, 1.807) is 37.3 Å². The Morgan fingerprint density at radius 1 is 0.878 bits per heavy atom. The first kappa shape index (κ1) is 28.7. The molecule has 0 aliphatic heterocycles. The number of amides is 1.